The lowest BCUT2D eigenvalue weighted by molar-refractivity contribution is -0.120. The standard InChI is InChI=1S/C24H32N2O4S/c1-17(2)30-23-13-11-22(12-14-23)26(31(4,28)29)16-24(27)25-18(3)20-10-9-19-7-5-6-8-21(19)15-20/h9-15,17-18H,5-8,16H2,1-4H3,(H,25,27)/t18-/m1/s1. The molecular formula is C24H32N2O4S. The Morgan fingerprint density at radius 1 is 1.03 bits per heavy atom. The molecule has 0 bridgehead atoms. The Labute approximate surface area is 185 Å². The predicted octanol–water partition coefficient (Wildman–Crippen LogP) is 4.00. The van der Waals surface area contributed by atoms with Crippen molar-refractivity contribution in [3.8, 4) is 5.75 Å². The number of aryl methyl sites for hydroxylation is 2. The first-order valence-electron chi connectivity index (χ1n) is 10.8. The van der Waals surface area contributed by atoms with Crippen LogP contribution in [0.4, 0.5) is 5.69 Å². The van der Waals surface area contributed by atoms with Gasteiger partial charge in [-0.1, -0.05) is 18.2 Å². The second kappa shape index (κ2) is 9.73. The highest BCUT2D eigenvalue weighted by atomic mass is 32.2. The third-order valence-corrected chi connectivity index (χ3v) is 6.57. The molecule has 0 aromatic heterocycles. The molecule has 2 aromatic rings. The lowest BCUT2D eigenvalue weighted by Gasteiger charge is -2.24. The quantitative estimate of drug-likeness (QED) is 0.668. The maximum Gasteiger partial charge on any atom is 0.241 e. The molecule has 1 aliphatic rings. The van der Waals surface area contributed by atoms with E-state index in [9.17, 15) is 13.2 Å². The molecule has 0 fully saturated rings. The number of ether oxygens (including phenoxy) is 1. The van der Waals surface area contributed by atoms with E-state index in [-0.39, 0.29) is 24.6 Å². The highest BCUT2D eigenvalue weighted by Gasteiger charge is 2.22. The average molecular weight is 445 g/mol. The Hall–Kier alpha value is -2.54. The van der Waals surface area contributed by atoms with Crippen LogP contribution in [0.15, 0.2) is 42.5 Å². The van der Waals surface area contributed by atoms with Crippen molar-refractivity contribution < 1.29 is 17.9 Å². The van der Waals surface area contributed by atoms with E-state index >= 15 is 0 Å². The van der Waals surface area contributed by atoms with Gasteiger partial charge in [-0.25, -0.2) is 8.42 Å². The van der Waals surface area contributed by atoms with Crippen LogP contribution in [0.5, 0.6) is 5.75 Å². The monoisotopic (exact) mass is 444 g/mol. The molecule has 0 saturated heterocycles. The number of amides is 1. The Balaban J connectivity index is 1.69. The molecule has 31 heavy (non-hydrogen) atoms. The molecule has 168 valence electrons. The van der Waals surface area contributed by atoms with E-state index in [0.29, 0.717) is 11.4 Å². The molecule has 6 nitrogen and oxygen atoms in total. The molecule has 0 unspecified atom stereocenters. The van der Waals surface area contributed by atoms with Crippen LogP contribution in [0, 0.1) is 0 Å². The summed E-state index contributed by atoms with van der Waals surface area (Å²) < 4.78 is 31.4. The molecule has 0 aliphatic heterocycles. The second-order valence-electron chi connectivity index (χ2n) is 8.45. The van der Waals surface area contributed by atoms with E-state index in [1.807, 2.05) is 20.8 Å². The van der Waals surface area contributed by atoms with Crippen molar-refractivity contribution >= 4 is 21.6 Å². The fraction of sp³-hybridized carbons (Fsp3) is 0.458. The van der Waals surface area contributed by atoms with Crippen LogP contribution < -0.4 is 14.4 Å². The zero-order valence-electron chi connectivity index (χ0n) is 18.7. The average Bonchev–Trinajstić information content (AvgIpc) is 2.71. The molecule has 7 heteroatoms. The number of sulfonamides is 1. The number of anilines is 1. The number of carbonyl (C=O) groups excluding carboxylic acids is 1. The van der Waals surface area contributed by atoms with Gasteiger partial charge in [0, 0.05) is 0 Å². The van der Waals surface area contributed by atoms with Gasteiger partial charge in [0.25, 0.3) is 0 Å². The molecule has 3 rings (SSSR count). The molecular weight excluding hydrogens is 412 g/mol. The van der Waals surface area contributed by atoms with Gasteiger partial charge in [-0.15, -0.1) is 0 Å². The van der Waals surface area contributed by atoms with Gasteiger partial charge in [0.2, 0.25) is 15.9 Å². The summed E-state index contributed by atoms with van der Waals surface area (Å²) in [7, 11) is -3.63. The van der Waals surface area contributed by atoms with Crippen molar-refractivity contribution in [1.82, 2.24) is 5.32 Å². The Morgan fingerprint density at radius 3 is 2.29 bits per heavy atom. The van der Waals surface area contributed by atoms with Crippen molar-refractivity contribution in [2.45, 2.75) is 58.6 Å². The van der Waals surface area contributed by atoms with E-state index < -0.39 is 10.0 Å². The number of fused-ring (bicyclic) bond motifs is 1. The van der Waals surface area contributed by atoms with E-state index in [1.54, 1.807) is 24.3 Å². The fourth-order valence-corrected chi connectivity index (χ4v) is 4.74. The summed E-state index contributed by atoms with van der Waals surface area (Å²) in [6.45, 7) is 5.49. The third-order valence-electron chi connectivity index (χ3n) is 5.43. The van der Waals surface area contributed by atoms with Crippen LogP contribution in [0.25, 0.3) is 0 Å². The van der Waals surface area contributed by atoms with Gasteiger partial charge in [-0.3, -0.25) is 9.10 Å². The first-order chi connectivity index (χ1) is 14.6. The lowest BCUT2D eigenvalue weighted by atomic mass is 9.89. The van der Waals surface area contributed by atoms with Crippen LogP contribution in [0.3, 0.4) is 0 Å². The summed E-state index contributed by atoms with van der Waals surface area (Å²) in [6.07, 6.45) is 5.73. The zero-order chi connectivity index (χ0) is 22.6. The Morgan fingerprint density at radius 2 is 1.68 bits per heavy atom. The van der Waals surface area contributed by atoms with Crippen LogP contribution in [0.2, 0.25) is 0 Å². The molecule has 0 saturated carbocycles. The van der Waals surface area contributed by atoms with Crippen molar-refractivity contribution in [2.24, 2.45) is 0 Å². The summed E-state index contributed by atoms with van der Waals surface area (Å²) >= 11 is 0. The molecule has 1 amide bonds. The SMILES string of the molecule is CC(C)Oc1ccc(N(CC(=O)N[C@H](C)c2ccc3c(c2)CCCC3)S(C)(=O)=O)cc1. The zero-order valence-corrected chi connectivity index (χ0v) is 19.5. The summed E-state index contributed by atoms with van der Waals surface area (Å²) in [6, 6.07) is 12.9. The van der Waals surface area contributed by atoms with Crippen molar-refractivity contribution in [3.63, 3.8) is 0 Å². The number of benzene rings is 2. The summed E-state index contributed by atoms with van der Waals surface area (Å²) in [5.74, 6) is 0.302. The first-order valence-corrected chi connectivity index (χ1v) is 12.6. The molecule has 0 heterocycles. The van der Waals surface area contributed by atoms with Gasteiger partial charge in [0.05, 0.1) is 24.1 Å². The number of rotatable bonds is 8. The van der Waals surface area contributed by atoms with E-state index in [2.05, 4.69) is 23.5 Å². The molecule has 0 spiro atoms. The van der Waals surface area contributed by atoms with Crippen LogP contribution >= 0.6 is 0 Å². The number of carbonyl (C=O) groups is 1. The van der Waals surface area contributed by atoms with Crippen molar-refractivity contribution in [1.29, 1.82) is 0 Å². The van der Waals surface area contributed by atoms with Gasteiger partial charge in [0.15, 0.2) is 0 Å². The van der Waals surface area contributed by atoms with Gasteiger partial charge in [-0.05, 0) is 87.4 Å². The van der Waals surface area contributed by atoms with Crippen molar-refractivity contribution in [3.05, 3.63) is 59.2 Å². The summed E-state index contributed by atoms with van der Waals surface area (Å²) in [5, 5.41) is 2.94. The Bertz CT molecular complexity index is 1020. The second-order valence-corrected chi connectivity index (χ2v) is 10.4. The van der Waals surface area contributed by atoms with Gasteiger partial charge in [0.1, 0.15) is 12.3 Å². The van der Waals surface area contributed by atoms with Crippen molar-refractivity contribution in [2.75, 3.05) is 17.1 Å². The molecule has 1 atom stereocenters. The predicted molar refractivity (Wildman–Crippen MR) is 124 cm³/mol. The minimum absolute atomic E-state index is 0.0210. The maximum absolute atomic E-state index is 12.7. The number of nitrogens with one attached hydrogen (secondary N) is 1. The molecule has 0 radical (unpaired) electrons. The van der Waals surface area contributed by atoms with Crippen LogP contribution in [-0.4, -0.2) is 33.2 Å². The number of hydrogen-bond donors (Lipinski definition) is 1. The number of nitrogens with zero attached hydrogens (tertiary/aromatic N) is 1. The minimum atomic E-state index is -3.63. The lowest BCUT2D eigenvalue weighted by Crippen LogP contribution is -2.41. The molecule has 1 aliphatic carbocycles. The molecule has 1 N–H and O–H groups in total. The van der Waals surface area contributed by atoms with E-state index in [4.69, 9.17) is 4.74 Å². The van der Waals surface area contributed by atoms with E-state index in [0.717, 1.165) is 29.0 Å². The fourth-order valence-electron chi connectivity index (χ4n) is 3.89. The minimum Gasteiger partial charge on any atom is -0.491 e. The highest BCUT2D eigenvalue weighted by Crippen LogP contribution is 2.25. The number of hydrogen-bond acceptors (Lipinski definition) is 4. The summed E-state index contributed by atoms with van der Waals surface area (Å²) in [5.41, 5.74) is 4.21. The maximum atomic E-state index is 12.7. The third kappa shape index (κ3) is 6.23. The van der Waals surface area contributed by atoms with Gasteiger partial charge >= 0.3 is 0 Å². The van der Waals surface area contributed by atoms with Gasteiger partial charge < -0.3 is 10.1 Å². The largest absolute Gasteiger partial charge is 0.491 e. The van der Waals surface area contributed by atoms with Crippen LogP contribution in [-0.2, 0) is 27.7 Å². The highest BCUT2D eigenvalue weighted by molar-refractivity contribution is 7.92. The van der Waals surface area contributed by atoms with Gasteiger partial charge in [-0.2, -0.15) is 0 Å². The van der Waals surface area contributed by atoms with E-state index in [1.165, 1.54) is 24.0 Å². The smallest absolute Gasteiger partial charge is 0.241 e. The Kier molecular flexibility index (Phi) is 7.26. The first kappa shape index (κ1) is 23.1. The normalized spacial score (nSPS) is 14.6. The summed E-state index contributed by atoms with van der Waals surface area (Å²) in [4.78, 5) is 12.7. The topological polar surface area (TPSA) is 75.7 Å². The van der Waals surface area contributed by atoms with Crippen LogP contribution in [0.1, 0.15) is 56.3 Å². The molecule has 2 aromatic carbocycles.